The summed E-state index contributed by atoms with van der Waals surface area (Å²) in [5.41, 5.74) is 7.44. The summed E-state index contributed by atoms with van der Waals surface area (Å²) in [5, 5.41) is 1.27. The molecule has 0 saturated carbocycles. The van der Waals surface area contributed by atoms with Crippen LogP contribution in [0, 0.1) is 0 Å². The molecule has 0 bridgehead atoms. The fraction of sp³-hybridized carbons (Fsp3) is 0.385. The SMILES string of the molecule is CCC1(CC)C=C(C)c2cccc3nc(C(C)(C)C)n4c5ccccc5[n+]1c4c23. The van der Waals surface area contributed by atoms with Crippen molar-refractivity contribution < 1.29 is 4.57 Å². The lowest BCUT2D eigenvalue weighted by molar-refractivity contribution is -0.706. The number of aromatic nitrogens is 3. The summed E-state index contributed by atoms with van der Waals surface area (Å²) in [7, 11) is 0. The van der Waals surface area contributed by atoms with Crippen molar-refractivity contribution >= 4 is 33.2 Å². The Labute approximate surface area is 172 Å². The maximum absolute atomic E-state index is 5.23. The fourth-order valence-electron chi connectivity index (χ4n) is 5.24. The lowest BCUT2D eigenvalue weighted by atomic mass is 9.89. The topological polar surface area (TPSA) is 21.2 Å². The highest BCUT2D eigenvalue weighted by atomic mass is 15.2. The van der Waals surface area contributed by atoms with Gasteiger partial charge in [-0.3, -0.25) is 0 Å². The van der Waals surface area contributed by atoms with E-state index in [0.29, 0.717) is 0 Å². The zero-order valence-corrected chi connectivity index (χ0v) is 18.4. The van der Waals surface area contributed by atoms with Gasteiger partial charge in [-0.1, -0.05) is 58.9 Å². The summed E-state index contributed by atoms with van der Waals surface area (Å²) in [6.07, 6.45) is 4.61. The van der Waals surface area contributed by atoms with Gasteiger partial charge < -0.3 is 0 Å². The summed E-state index contributed by atoms with van der Waals surface area (Å²) in [5.74, 6) is 1.12. The molecule has 0 aliphatic carbocycles. The minimum atomic E-state index is -0.0698. The van der Waals surface area contributed by atoms with Crippen molar-refractivity contribution in [3.8, 4) is 0 Å². The van der Waals surface area contributed by atoms with Crippen molar-refractivity contribution in [1.29, 1.82) is 0 Å². The molecule has 1 aliphatic heterocycles. The lowest BCUT2D eigenvalue weighted by Crippen LogP contribution is -2.54. The Hall–Kier alpha value is -2.68. The average molecular weight is 385 g/mol. The van der Waals surface area contributed by atoms with Gasteiger partial charge in [0, 0.05) is 5.41 Å². The van der Waals surface area contributed by atoms with Gasteiger partial charge in [0.25, 0.3) is 5.65 Å². The van der Waals surface area contributed by atoms with Crippen molar-refractivity contribution in [3.05, 3.63) is 59.9 Å². The van der Waals surface area contributed by atoms with Crippen molar-refractivity contribution in [2.24, 2.45) is 0 Å². The minimum Gasteiger partial charge on any atom is -0.213 e. The second-order valence-electron chi connectivity index (χ2n) is 9.51. The van der Waals surface area contributed by atoms with Gasteiger partial charge in [0.1, 0.15) is 5.54 Å². The van der Waals surface area contributed by atoms with E-state index >= 15 is 0 Å². The second-order valence-corrected chi connectivity index (χ2v) is 9.51. The largest absolute Gasteiger partial charge is 0.299 e. The zero-order chi connectivity index (χ0) is 20.6. The van der Waals surface area contributed by atoms with Gasteiger partial charge in [0.2, 0.25) is 5.82 Å². The lowest BCUT2D eigenvalue weighted by Gasteiger charge is -2.26. The molecule has 0 saturated heterocycles. The van der Waals surface area contributed by atoms with E-state index in [1.807, 2.05) is 0 Å². The van der Waals surface area contributed by atoms with E-state index in [1.54, 1.807) is 0 Å². The van der Waals surface area contributed by atoms with Gasteiger partial charge in [-0.2, -0.15) is 4.40 Å². The van der Waals surface area contributed by atoms with Crippen LogP contribution >= 0.6 is 0 Å². The fourth-order valence-corrected chi connectivity index (χ4v) is 5.24. The van der Waals surface area contributed by atoms with E-state index in [4.69, 9.17) is 4.98 Å². The van der Waals surface area contributed by atoms with Crippen LogP contribution in [0.3, 0.4) is 0 Å². The minimum absolute atomic E-state index is 0.0547. The number of rotatable bonds is 2. The number of imidazole rings is 1. The molecule has 0 fully saturated rings. The van der Waals surface area contributed by atoms with E-state index in [9.17, 15) is 0 Å². The third-order valence-electron chi connectivity index (χ3n) is 6.74. The first-order chi connectivity index (χ1) is 13.8. The second kappa shape index (κ2) is 5.91. The van der Waals surface area contributed by atoms with Gasteiger partial charge in [0.05, 0.1) is 10.9 Å². The van der Waals surface area contributed by atoms with Crippen molar-refractivity contribution in [3.63, 3.8) is 0 Å². The standard InChI is InChI=1S/C26H30N3/c1-7-26(8-2)16-17(3)18-12-11-13-19-22(18)23-28(24(27-19)25(4,5)6)20-14-9-10-15-21(20)29(23)26/h9-16H,7-8H2,1-6H3/q+1. The highest BCUT2D eigenvalue weighted by Gasteiger charge is 2.42. The first-order valence-electron chi connectivity index (χ1n) is 10.8. The Kier molecular flexibility index (Phi) is 3.74. The molecule has 0 N–H and O–H groups in total. The molecule has 3 heterocycles. The van der Waals surface area contributed by atoms with Crippen LogP contribution in [0.2, 0.25) is 0 Å². The maximum Gasteiger partial charge on any atom is 0.299 e. The molecule has 2 aromatic heterocycles. The third kappa shape index (κ3) is 2.30. The summed E-state index contributed by atoms with van der Waals surface area (Å²) >= 11 is 0. The van der Waals surface area contributed by atoms with Crippen LogP contribution in [-0.2, 0) is 11.0 Å². The van der Waals surface area contributed by atoms with Crippen molar-refractivity contribution in [2.75, 3.05) is 0 Å². The molecular formula is C26H30N3+. The molecule has 2 aromatic carbocycles. The van der Waals surface area contributed by atoms with Crippen LogP contribution < -0.4 is 4.57 Å². The summed E-state index contributed by atoms with van der Waals surface area (Å²) < 4.78 is 5.05. The smallest absolute Gasteiger partial charge is 0.213 e. The highest BCUT2D eigenvalue weighted by Crippen LogP contribution is 2.39. The van der Waals surface area contributed by atoms with Crippen LogP contribution in [0.15, 0.2) is 48.5 Å². The monoisotopic (exact) mass is 384 g/mol. The molecular weight excluding hydrogens is 354 g/mol. The van der Waals surface area contributed by atoms with Gasteiger partial charge in [-0.05, 0) is 55.2 Å². The summed E-state index contributed by atoms with van der Waals surface area (Å²) in [4.78, 5) is 5.23. The van der Waals surface area contributed by atoms with Crippen LogP contribution in [0.25, 0.3) is 33.2 Å². The van der Waals surface area contributed by atoms with E-state index in [1.165, 1.54) is 33.2 Å². The quantitative estimate of drug-likeness (QED) is 0.379. The predicted molar refractivity (Wildman–Crippen MR) is 121 cm³/mol. The third-order valence-corrected chi connectivity index (χ3v) is 6.74. The van der Waals surface area contributed by atoms with E-state index < -0.39 is 0 Å². The summed E-state index contributed by atoms with van der Waals surface area (Å²) in [6, 6.07) is 15.4. The Morgan fingerprint density at radius 3 is 2.41 bits per heavy atom. The number of benzene rings is 2. The van der Waals surface area contributed by atoms with E-state index in [0.717, 1.165) is 24.2 Å². The Morgan fingerprint density at radius 2 is 1.72 bits per heavy atom. The number of hydrogen-bond donors (Lipinski definition) is 0. The van der Waals surface area contributed by atoms with Crippen molar-refractivity contribution in [1.82, 2.24) is 9.38 Å². The van der Waals surface area contributed by atoms with Gasteiger partial charge >= 0.3 is 0 Å². The molecule has 1 aliphatic rings. The normalized spacial score (nSPS) is 16.0. The molecule has 148 valence electrons. The van der Waals surface area contributed by atoms with Gasteiger partial charge in [-0.25, -0.2) is 9.55 Å². The predicted octanol–water partition coefficient (Wildman–Crippen LogP) is 6.16. The van der Waals surface area contributed by atoms with Gasteiger partial charge in [-0.15, -0.1) is 0 Å². The van der Waals surface area contributed by atoms with E-state index in [2.05, 4.69) is 99.1 Å². The molecule has 0 unspecified atom stereocenters. The van der Waals surface area contributed by atoms with Crippen molar-refractivity contribution in [2.45, 2.75) is 65.3 Å². The molecule has 3 nitrogen and oxygen atoms in total. The molecule has 0 radical (unpaired) electrons. The molecule has 29 heavy (non-hydrogen) atoms. The molecule has 4 aromatic rings. The number of allylic oxidation sites excluding steroid dienone is 2. The Morgan fingerprint density at radius 1 is 1.00 bits per heavy atom. The molecule has 3 heteroatoms. The molecule has 5 rings (SSSR count). The zero-order valence-electron chi connectivity index (χ0n) is 18.4. The van der Waals surface area contributed by atoms with Crippen LogP contribution in [0.5, 0.6) is 0 Å². The number of nitrogens with zero attached hydrogens (tertiary/aromatic N) is 3. The molecule has 0 atom stereocenters. The van der Waals surface area contributed by atoms with Crippen LogP contribution in [0.4, 0.5) is 0 Å². The first-order valence-corrected chi connectivity index (χ1v) is 10.8. The highest BCUT2D eigenvalue weighted by molar-refractivity contribution is 6.02. The maximum atomic E-state index is 5.23. The summed E-state index contributed by atoms with van der Waals surface area (Å²) in [6.45, 7) is 13.7. The Balaban J connectivity index is 2.20. The van der Waals surface area contributed by atoms with Crippen LogP contribution in [0.1, 0.15) is 65.8 Å². The number of fused-ring (bicyclic) bond motifs is 3. The van der Waals surface area contributed by atoms with Crippen LogP contribution in [-0.4, -0.2) is 9.38 Å². The van der Waals surface area contributed by atoms with Gasteiger partial charge in [0.15, 0.2) is 11.0 Å². The average Bonchev–Trinajstić information content (AvgIpc) is 3.00. The molecule has 0 spiro atoms. The molecule has 0 amide bonds. The van der Waals surface area contributed by atoms with E-state index in [-0.39, 0.29) is 11.0 Å². The number of hydrogen-bond acceptors (Lipinski definition) is 1. The first kappa shape index (κ1) is 18.4. The number of para-hydroxylation sites is 2. The Bertz CT molecular complexity index is 1310.